The van der Waals surface area contributed by atoms with Crippen LogP contribution in [-0.4, -0.2) is 9.79 Å². The Hall–Kier alpha value is -1.59. The molecule has 0 radical (unpaired) electrons. The zero-order valence-corrected chi connectivity index (χ0v) is 11.8. The summed E-state index contributed by atoms with van der Waals surface area (Å²) < 4.78 is 38.0. The van der Waals surface area contributed by atoms with E-state index in [9.17, 15) is 23.1 Å². The van der Waals surface area contributed by atoms with Gasteiger partial charge in [0.2, 0.25) is 0 Å². The van der Waals surface area contributed by atoms with Crippen molar-refractivity contribution in [3.8, 4) is 0 Å². The molecular weight excluding hydrogens is 299 g/mol. The molecule has 2 rings (SSSR count). The van der Waals surface area contributed by atoms with E-state index in [4.69, 9.17) is 0 Å². The molecule has 7 heteroatoms. The van der Waals surface area contributed by atoms with Crippen LogP contribution in [0.4, 0.5) is 8.78 Å². The molecule has 2 aromatic carbocycles. The Bertz CT molecular complexity index is 658. The highest BCUT2D eigenvalue weighted by molar-refractivity contribution is 7.52. The minimum Gasteiger partial charge on any atom is -0.323 e. The molecule has 0 amide bonds. The predicted molar refractivity (Wildman–Crippen MR) is 74.4 cm³/mol. The second-order valence-corrected chi connectivity index (χ2v) is 6.21. The van der Waals surface area contributed by atoms with Crippen LogP contribution in [0.25, 0.3) is 0 Å². The van der Waals surface area contributed by atoms with Gasteiger partial charge in [0.25, 0.3) is 0 Å². The van der Waals surface area contributed by atoms with Crippen molar-refractivity contribution in [1.82, 2.24) is 5.32 Å². The molecule has 1 unspecified atom stereocenters. The summed E-state index contributed by atoms with van der Waals surface area (Å²) in [6.07, 6.45) is 0. The topological polar surface area (TPSA) is 69.6 Å². The molecule has 0 heterocycles. The summed E-state index contributed by atoms with van der Waals surface area (Å²) in [6.45, 7) is -0.0557. The Kier molecular flexibility index (Phi) is 4.85. The summed E-state index contributed by atoms with van der Waals surface area (Å²) in [7, 11) is -4.52. The van der Waals surface area contributed by atoms with Crippen LogP contribution < -0.4 is 5.32 Å². The Morgan fingerprint density at radius 2 is 1.67 bits per heavy atom. The Balaban J connectivity index is 2.20. The van der Waals surface area contributed by atoms with E-state index in [-0.39, 0.29) is 17.7 Å². The Morgan fingerprint density at radius 3 is 2.24 bits per heavy atom. The zero-order valence-electron chi connectivity index (χ0n) is 10.9. The van der Waals surface area contributed by atoms with Crippen molar-refractivity contribution in [3.63, 3.8) is 0 Å². The molecule has 21 heavy (non-hydrogen) atoms. The van der Waals surface area contributed by atoms with Crippen LogP contribution in [0.1, 0.15) is 16.9 Å². The molecule has 0 aliphatic rings. The highest BCUT2D eigenvalue weighted by Crippen LogP contribution is 2.50. The van der Waals surface area contributed by atoms with Crippen LogP contribution in [-0.2, 0) is 11.1 Å². The van der Waals surface area contributed by atoms with Crippen molar-refractivity contribution in [2.24, 2.45) is 0 Å². The van der Waals surface area contributed by atoms with Crippen LogP contribution in [0.15, 0.2) is 48.5 Å². The van der Waals surface area contributed by atoms with Crippen LogP contribution in [0.5, 0.6) is 0 Å². The first kappa shape index (κ1) is 15.8. The first-order chi connectivity index (χ1) is 9.88. The lowest BCUT2D eigenvalue weighted by molar-refractivity contribution is 0.346. The van der Waals surface area contributed by atoms with Gasteiger partial charge in [0.05, 0.1) is 0 Å². The summed E-state index contributed by atoms with van der Waals surface area (Å²) in [6, 6.07) is 10.7. The molecule has 4 nitrogen and oxygen atoms in total. The summed E-state index contributed by atoms with van der Waals surface area (Å²) in [5, 5.41) is 2.63. The SMILES string of the molecule is O=P(O)(O)C(NCc1ccccc1F)c1ccc(F)cc1. The lowest BCUT2D eigenvalue weighted by Gasteiger charge is -2.20. The van der Waals surface area contributed by atoms with Gasteiger partial charge in [-0.25, -0.2) is 8.78 Å². The highest BCUT2D eigenvalue weighted by Gasteiger charge is 2.30. The van der Waals surface area contributed by atoms with Crippen LogP contribution in [0, 0.1) is 11.6 Å². The van der Waals surface area contributed by atoms with Crippen molar-refractivity contribution < 1.29 is 23.1 Å². The fraction of sp³-hybridized carbons (Fsp3) is 0.143. The molecule has 2 aromatic rings. The van der Waals surface area contributed by atoms with Crippen LogP contribution in [0.3, 0.4) is 0 Å². The van der Waals surface area contributed by atoms with E-state index < -0.39 is 25.0 Å². The number of halogens is 2. The van der Waals surface area contributed by atoms with Gasteiger partial charge < -0.3 is 9.79 Å². The number of benzene rings is 2. The van der Waals surface area contributed by atoms with Gasteiger partial charge in [-0.2, -0.15) is 0 Å². The van der Waals surface area contributed by atoms with Gasteiger partial charge in [-0.15, -0.1) is 0 Å². The first-order valence-electron chi connectivity index (χ1n) is 6.15. The van der Waals surface area contributed by atoms with E-state index in [0.717, 1.165) is 12.1 Å². The van der Waals surface area contributed by atoms with Gasteiger partial charge in [0, 0.05) is 12.1 Å². The second-order valence-electron chi connectivity index (χ2n) is 4.52. The third-order valence-electron chi connectivity index (χ3n) is 2.97. The van der Waals surface area contributed by atoms with Gasteiger partial charge in [-0.1, -0.05) is 30.3 Å². The standard InChI is InChI=1S/C14H14F2NO3P/c15-12-7-5-10(6-8-12)14(21(18,19)20)17-9-11-3-1-2-4-13(11)16/h1-8,14,17H,9H2,(H2,18,19,20). The van der Waals surface area contributed by atoms with E-state index in [2.05, 4.69) is 5.32 Å². The second kappa shape index (κ2) is 6.45. The van der Waals surface area contributed by atoms with Gasteiger partial charge in [-0.05, 0) is 23.8 Å². The molecule has 0 aliphatic heterocycles. The van der Waals surface area contributed by atoms with Gasteiger partial charge >= 0.3 is 7.60 Å². The number of hydrogen-bond donors (Lipinski definition) is 3. The summed E-state index contributed by atoms with van der Waals surface area (Å²) >= 11 is 0. The van der Waals surface area contributed by atoms with E-state index >= 15 is 0 Å². The van der Waals surface area contributed by atoms with E-state index in [1.807, 2.05) is 0 Å². The number of nitrogens with one attached hydrogen (secondary N) is 1. The van der Waals surface area contributed by atoms with Crippen molar-refractivity contribution in [2.75, 3.05) is 0 Å². The molecule has 0 aliphatic carbocycles. The molecule has 3 N–H and O–H groups in total. The zero-order chi connectivity index (χ0) is 15.5. The molecule has 0 spiro atoms. The minimum atomic E-state index is -4.52. The number of rotatable bonds is 5. The molecular formula is C14H14F2NO3P. The average Bonchev–Trinajstić information content (AvgIpc) is 2.41. The third-order valence-corrected chi connectivity index (χ3v) is 4.12. The molecule has 1 atom stereocenters. The van der Waals surface area contributed by atoms with Crippen molar-refractivity contribution in [3.05, 3.63) is 71.3 Å². The fourth-order valence-corrected chi connectivity index (χ4v) is 2.81. The molecule has 0 aromatic heterocycles. The summed E-state index contributed by atoms with van der Waals surface area (Å²) in [4.78, 5) is 18.8. The molecule has 112 valence electrons. The van der Waals surface area contributed by atoms with E-state index in [0.29, 0.717) is 0 Å². The van der Waals surface area contributed by atoms with Crippen LogP contribution >= 0.6 is 7.60 Å². The van der Waals surface area contributed by atoms with Crippen molar-refractivity contribution in [2.45, 2.75) is 12.3 Å². The molecule has 0 saturated carbocycles. The molecule has 0 fully saturated rings. The van der Waals surface area contributed by atoms with Crippen molar-refractivity contribution in [1.29, 1.82) is 0 Å². The maximum Gasteiger partial charge on any atom is 0.346 e. The Morgan fingerprint density at radius 1 is 1.05 bits per heavy atom. The average molecular weight is 313 g/mol. The highest BCUT2D eigenvalue weighted by atomic mass is 31.2. The normalized spacial score (nSPS) is 13.1. The predicted octanol–water partition coefficient (Wildman–Crippen LogP) is 2.93. The summed E-state index contributed by atoms with van der Waals surface area (Å²) in [5.74, 6) is -2.29. The maximum absolute atomic E-state index is 13.5. The smallest absolute Gasteiger partial charge is 0.323 e. The van der Waals surface area contributed by atoms with Crippen molar-refractivity contribution >= 4 is 7.60 Å². The largest absolute Gasteiger partial charge is 0.346 e. The van der Waals surface area contributed by atoms with E-state index in [1.54, 1.807) is 6.07 Å². The minimum absolute atomic E-state index is 0.0557. The first-order valence-corrected chi connectivity index (χ1v) is 7.83. The molecule has 0 bridgehead atoms. The van der Waals surface area contributed by atoms with Gasteiger partial charge in [-0.3, -0.25) is 9.88 Å². The quantitative estimate of drug-likeness (QED) is 0.742. The third kappa shape index (κ3) is 4.19. The van der Waals surface area contributed by atoms with Gasteiger partial charge in [0.15, 0.2) is 0 Å². The number of hydrogen-bond acceptors (Lipinski definition) is 2. The van der Waals surface area contributed by atoms with Crippen LogP contribution in [0.2, 0.25) is 0 Å². The molecule has 0 saturated heterocycles. The fourth-order valence-electron chi connectivity index (χ4n) is 1.92. The lowest BCUT2D eigenvalue weighted by Crippen LogP contribution is -2.21. The van der Waals surface area contributed by atoms with Gasteiger partial charge in [0.1, 0.15) is 17.4 Å². The van der Waals surface area contributed by atoms with E-state index in [1.165, 1.54) is 30.3 Å². The Labute approximate surface area is 120 Å². The lowest BCUT2D eigenvalue weighted by atomic mass is 10.2. The maximum atomic E-state index is 13.5. The summed E-state index contributed by atoms with van der Waals surface area (Å²) in [5.41, 5.74) is 0.527. The monoisotopic (exact) mass is 313 g/mol.